The minimum absolute atomic E-state index is 0.0690. The van der Waals surface area contributed by atoms with E-state index in [9.17, 15) is 9.90 Å². The zero-order valence-corrected chi connectivity index (χ0v) is 10.2. The predicted octanol–water partition coefficient (Wildman–Crippen LogP) is 2.29. The topological polar surface area (TPSA) is 49.3 Å². The summed E-state index contributed by atoms with van der Waals surface area (Å²) in [5.74, 6) is -0.0690. The molecule has 1 aromatic rings. The van der Waals surface area contributed by atoms with E-state index in [0.717, 1.165) is 5.56 Å². The molecule has 0 aromatic heterocycles. The SMILES string of the molecule is CCC(=O)NC(C)C(O)c1ccc(Cl)cc1. The van der Waals surface area contributed by atoms with Crippen LogP contribution in [0.4, 0.5) is 0 Å². The molecule has 0 saturated carbocycles. The van der Waals surface area contributed by atoms with Gasteiger partial charge in [-0.1, -0.05) is 30.7 Å². The number of aliphatic hydroxyl groups excluding tert-OH is 1. The van der Waals surface area contributed by atoms with Crippen molar-refractivity contribution in [2.45, 2.75) is 32.4 Å². The fourth-order valence-corrected chi connectivity index (χ4v) is 1.51. The highest BCUT2D eigenvalue weighted by Crippen LogP contribution is 2.19. The van der Waals surface area contributed by atoms with Crippen molar-refractivity contribution in [3.8, 4) is 0 Å². The Morgan fingerprint density at radius 1 is 1.44 bits per heavy atom. The van der Waals surface area contributed by atoms with Gasteiger partial charge in [-0.25, -0.2) is 0 Å². The second-order valence-electron chi connectivity index (χ2n) is 3.71. The van der Waals surface area contributed by atoms with Crippen LogP contribution in [0.5, 0.6) is 0 Å². The van der Waals surface area contributed by atoms with Gasteiger partial charge in [-0.05, 0) is 24.6 Å². The molecular formula is C12H16ClNO2. The van der Waals surface area contributed by atoms with Crippen LogP contribution in [0.3, 0.4) is 0 Å². The number of hydrogen-bond donors (Lipinski definition) is 2. The maximum atomic E-state index is 11.2. The van der Waals surface area contributed by atoms with E-state index in [0.29, 0.717) is 11.4 Å². The van der Waals surface area contributed by atoms with Crippen LogP contribution in [0.15, 0.2) is 24.3 Å². The second kappa shape index (κ2) is 5.87. The lowest BCUT2D eigenvalue weighted by atomic mass is 10.0. The molecule has 88 valence electrons. The summed E-state index contributed by atoms with van der Waals surface area (Å²) in [6.07, 6.45) is -0.301. The minimum Gasteiger partial charge on any atom is -0.386 e. The van der Waals surface area contributed by atoms with Crippen molar-refractivity contribution >= 4 is 17.5 Å². The zero-order valence-electron chi connectivity index (χ0n) is 9.40. The molecule has 0 aliphatic carbocycles. The third-order valence-electron chi connectivity index (χ3n) is 2.39. The summed E-state index contributed by atoms with van der Waals surface area (Å²) in [4.78, 5) is 11.2. The van der Waals surface area contributed by atoms with E-state index >= 15 is 0 Å². The van der Waals surface area contributed by atoms with Crippen LogP contribution in [0.2, 0.25) is 5.02 Å². The lowest BCUT2D eigenvalue weighted by molar-refractivity contribution is -0.122. The Morgan fingerprint density at radius 3 is 2.50 bits per heavy atom. The third-order valence-corrected chi connectivity index (χ3v) is 2.65. The fraction of sp³-hybridized carbons (Fsp3) is 0.417. The van der Waals surface area contributed by atoms with E-state index in [2.05, 4.69) is 5.32 Å². The van der Waals surface area contributed by atoms with Gasteiger partial charge in [-0.15, -0.1) is 0 Å². The van der Waals surface area contributed by atoms with Gasteiger partial charge < -0.3 is 10.4 Å². The van der Waals surface area contributed by atoms with E-state index in [1.165, 1.54) is 0 Å². The number of amides is 1. The van der Waals surface area contributed by atoms with E-state index in [4.69, 9.17) is 11.6 Å². The van der Waals surface area contributed by atoms with Crippen LogP contribution in [-0.2, 0) is 4.79 Å². The molecule has 2 N–H and O–H groups in total. The van der Waals surface area contributed by atoms with Crippen molar-refractivity contribution in [3.63, 3.8) is 0 Å². The van der Waals surface area contributed by atoms with Crippen molar-refractivity contribution in [3.05, 3.63) is 34.9 Å². The van der Waals surface area contributed by atoms with Crippen LogP contribution in [0, 0.1) is 0 Å². The van der Waals surface area contributed by atoms with Crippen molar-refractivity contribution in [2.24, 2.45) is 0 Å². The van der Waals surface area contributed by atoms with Gasteiger partial charge in [0.1, 0.15) is 0 Å². The summed E-state index contributed by atoms with van der Waals surface area (Å²) in [7, 11) is 0. The molecule has 2 atom stereocenters. The van der Waals surface area contributed by atoms with E-state index in [-0.39, 0.29) is 11.9 Å². The van der Waals surface area contributed by atoms with Gasteiger partial charge in [-0.3, -0.25) is 4.79 Å². The first-order chi connectivity index (χ1) is 7.54. The Morgan fingerprint density at radius 2 is 2.00 bits per heavy atom. The number of carbonyl (C=O) groups is 1. The molecule has 2 unspecified atom stereocenters. The molecule has 0 aliphatic heterocycles. The fourth-order valence-electron chi connectivity index (χ4n) is 1.38. The van der Waals surface area contributed by atoms with E-state index in [1.54, 1.807) is 38.1 Å². The first-order valence-corrected chi connectivity index (χ1v) is 5.65. The number of nitrogens with one attached hydrogen (secondary N) is 1. The van der Waals surface area contributed by atoms with Crippen molar-refractivity contribution < 1.29 is 9.90 Å². The van der Waals surface area contributed by atoms with Gasteiger partial charge in [0, 0.05) is 11.4 Å². The Balaban J connectivity index is 2.66. The van der Waals surface area contributed by atoms with Gasteiger partial charge >= 0.3 is 0 Å². The summed E-state index contributed by atoms with van der Waals surface area (Å²) >= 11 is 5.75. The lowest BCUT2D eigenvalue weighted by Crippen LogP contribution is -2.36. The molecule has 0 aliphatic rings. The van der Waals surface area contributed by atoms with Crippen molar-refractivity contribution in [2.75, 3.05) is 0 Å². The third kappa shape index (κ3) is 3.51. The molecule has 3 nitrogen and oxygen atoms in total. The first-order valence-electron chi connectivity index (χ1n) is 5.27. The summed E-state index contributed by atoms with van der Waals surface area (Å²) in [5.41, 5.74) is 0.744. The average molecular weight is 242 g/mol. The van der Waals surface area contributed by atoms with Crippen LogP contribution < -0.4 is 5.32 Å². The van der Waals surface area contributed by atoms with Gasteiger partial charge in [0.05, 0.1) is 12.1 Å². The molecule has 0 fully saturated rings. The molecule has 0 spiro atoms. The monoisotopic (exact) mass is 241 g/mol. The largest absolute Gasteiger partial charge is 0.386 e. The Bertz CT molecular complexity index is 351. The van der Waals surface area contributed by atoms with Gasteiger partial charge in [0.25, 0.3) is 0 Å². The molecule has 16 heavy (non-hydrogen) atoms. The number of carbonyl (C=O) groups excluding carboxylic acids is 1. The highest BCUT2D eigenvalue weighted by atomic mass is 35.5. The Labute approximate surface area is 100 Å². The molecule has 0 heterocycles. The van der Waals surface area contributed by atoms with E-state index in [1.807, 2.05) is 0 Å². The minimum atomic E-state index is -0.715. The molecule has 4 heteroatoms. The highest BCUT2D eigenvalue weighted by molar-refractivity contribution is 6.30. The predicted molar refractivity (Wildman–Crippen MR) is 64.3 cm³/mol. The Hall–Kier alpha value is -1.06. The quantitative estimate of drug-likeness (QED) is 0.850. The zero-order chi connectivity index (χ0) is 12.1. The van der Waals surface area contributed by atoms with Crippen LogP contribution in [0.25, 0.3) is 0 Å². The maximum Gasteiger partial charge on any atom is 0.220 e. The summed E-state index contributed by atoms with van der Waals surface area (Å²) in [6, 6.07) is 6.63. The number of hydrogen-bond acceptors (Lipinski definition) is 2. The van der Waals surface area contributed by atoms with Crippen LogP contribution in [0.1, 0.15) is 31.9 Å². The standard InChI is InChI=1S/C12H16ClNO2/c1-3-11(15)14-8(2)12(16)9-4-6-10(13)7-5-9/h4-8,12,16H,3H2,1-2H3,(H,14,15). The number of aliphatic hydroxyl groups is 1. The van der Waals surface area contributed by atoms with Crippen LogP contribution in [-0.4, -0.2) is 17.1 Å². The molecule has 1 aromatic carbocycles. The molecule has 1 rings (SSSR count). The summed E-state index contributed by atoms with van der Waals surface area (Å²) < 4.78 is 0. The molecule has 0 saturated heterocycles. The average Bonchev–Trinajstić information content (AvgIpc) is 2.28. The van der Waals surface area contributed by atoms with Gasteiger partial charge in [0.15, 0.2) is 0 Å². The molecule has 0 radical (unpaired) electrons. The number of halogens is 1. The van der Waals surface area contributed by atoms with Gasteiger partial charge in [0.2, 0.25) is 5.91 Å². The maximum absolute atomic E-state index is 11.2. The number of benzene rings is 1. The molecule has 1 amide bonds. The normalized spacial score (nSPS) is 14.2. The summed E-state index contributed by atoms with van der Waals surface area (Å²) in [6.45, 7) is 3.55. The van der Waals surface area contributed by atoms with Gasteiger partial charge in [-0.2, -0.15) is 0 Å². The van der Waals surface area contributed by atoms with Crippen molar-refractivity contribution in [1.29, 1.82) is 0 Å². The molecule has 0 bridgehead atoms. The Kier molecular flexibility index (Phi) is 4.77. The first kappa shape index (κ1) is 13.0. The lowest BCUT2D eigenvalue weighted by Gasteiger charge is -2.20. The highest BCUT2D eigenvalue weighted by Gasteiger charge is 2.17. The van der Waals surface area contributed by atoms with Crippen molar-refractivity contribution in [1.82, 2.24) is 5.32 Å². The molecular weight excluding hydrogens is 226 g/mol. The summed E-state index contributed by atoms with van der Waals surface area (Å²) in [5, 5.41) is 13.3. The smallest absolute Gasteiger partial charge is 0.220 e. The van der Waals surface area contributed by atoms with Crippen LogP contribution >= 0.6 is 11.6 Å². The van der Waals surface area contributed by atoms with E-state index < -0.39 is 6.10 Å². The number of rotatable bonds is 4. The second-order valence-corrected chi connectivity index (χ2v) is 4.14.